The Morgan fingerprint density at radius 3 is 1.00 bits per heavy atom. The van der Waals surface area contributed by atoms with Gasteiger partial charge in [0.15, 0.2) is 0 Å². The van der Waals surface area contributed by atoms with Gasteiger partial charge >= 0.3 is 87.5 Å². The molecule has 0 aromatic carbocycles. The monoisotopic (exact) mass is 440 g/mol. The number of hydrogen-bond donors (Lipinski definition) is 2. The van der Waals surface area contributed by atoms with E-state index < -0.39 is 11.9 Å². The molecule has 16 heavy (non-hydrogen) atoms. The third-order valence-electron chi connectivity index (χ3n) is 0.349. The summed E-state index contributed by atoms with van der Waals surface area (Å²) in [5.74, 6) is -1.96. The zero-order valence-electron chi connectivity index (χ0n) is 7.38. The maximum absolute atomic E-state index is 9.25. The van der Waals surface area contributed by atoms with Crippen molar-refractivity contribution in [2.45, 2.75) is 0 Å². The number of carboxylic acids is 2. The van der Waals surface area contributed by atoms with Gasteiger partial charge in [0.1, 0.15) is 0 Å². The molecule has 2 N–H and O–H groups in total. The van der Waals surface area contributed by atoms with E-state index in [1.165, 1.54) is 0 Å². The molecule has 110 valence electrons. The average molecular weight is 443 g/mol. The Morgan fingerprint density at radius 1 is 0.938 bits per heavy atom. The van der Waals surface area contributed by atoms with Crippen molar-refractivity contribution >= 4 is 22.0 Å². The second-order valence-electron chi connectivity index (χ2n) is 1.08. The molecule has 0 saturated carbocycles. The van der Waals surface area contributed by atoms with Crippen LogP contribution in [0.4, 0.5) is 0 Å². The first kappa shape index (κ1) is 30.1. The maximum atomic E-state index is 9.25. The fourth-order valence-electron chi connectivity index (χ4n) is 0. The van der Waals surface area contributed by atoms with Gasteiger partial charge in [0, 0.05) is 12.2 Å². The van der Waals surface area contributed by atoms with Crippen LogP contribution in [-0.4, -0.2) is 22.2 Å². The van der Waals surface area contributed by atoms with Gasteiger partial charge in [-0.25, -0.2) is 9.59 Å². The van der Waals surface area contributed by atoms with E-state index in [2.05, 4.69) is 88.8 Å². The fourth-order valence-corrected chi connectivity index (χ4v) is 0. The molecule has 0 amide bonds. The van der Waals surface area contributed by atoms with Crippen molar-refractivity contribution in [2.24, 2.45) is 0 Å². The summed E-state index contributed by atoms with van der Waals surface area (Å²) in [5.41, 5.74) is 0. The van der Waals surface area contributed by atoms with E-state index in [9.17, 15) is 9.59 Å². The molecule has 0 aliphatic heterocycles. The summed E-state index contributed by atoms with van der Waals surface area (Å²) < 4.78 is 0. The van der Waals surface area contributed by atoms with Crippen LogP contribution in [0, 0.1) is 20.2 Å². The fraction of sp³-hybridized carbons (Fsp3) is 0. The molecular weight excluding hydrogens is 433 g/mol. The van der Waals surface area contributed by atoms with Crippen LogP contribution in [-0.2, 0) is 54.9 Å². The van der Waals surface area contributed by atoms with Crippen LogP contribution < -0.4 is 0 Å². The summed E-state index contributed by atoms with van der Waals surface area (Å²) in [7, 11) is 11.5. The first-order valence-corrected chi connectivity index (χ1v) is 6.70. The second kappa shape index (κ2) is 44.6. The van der Waals surface area contributed by atoms with Gasteiger partial charge in [-0.2, -0.15) is 0 Å². The molecule has 4 nitrogen and oxygen atoms in total. The Hall–Kier alpha value is 0.848. The van der Waals surface area contributed by atoms with Crippen LogP contribution in [0.25, 0.3) is 0 Å². The summed E-state index contributed by atoms with van der Waals surface area (Å²) in [6.45, 7) is 5.92. The van der Waals surface area contributed by atoms with E-state index in [-0.39, 0.29) is 0 Å². The number of carbonyl (C=O) groups is 2. The van der Waals surface area contributed by atoms with Crippen LogP contribution >= 0.6 is 10.1 Å². The van der Waals surface area contributed by atoms with E-state index in [0.717, 1.165) is 12.2 Å². The molecule has 0 saturated heterocycles. The second-order valence-corrected chi connectivity index (χ2v) is 1.08. The number of halogens is 3. The minimum atomic E-state index is -0.981. The van der Waals surface area contributed by atoms with Crippen molar-refractivity contribution in [1.82, 2.24) is 0 Å². The van der Waals surface area contributed by atoms with Crippen molar-refractivity contribution in [3.63, 3.8) is 0 Å². The number of aliphatic carboxylic acids is 2. The van der Waals surface area contributed by atoms with Crippen LogP contribution in [0.3, 0.4) is 0 Å². The normalized spacial score (nSPS) is 5.31. The van der Waals surface area contributed by atoms with Gasteiger partial charge in [-0.3, -0.25) is 0 Å². The molecule has 0 aliphatic carbocycles. The molecule has 0 bridgehead atoms. The third kappa shape index (κ3) is 121. The average Bonchev–Trinajstić information content (AvgIpc) is 2.37. The van der Waals surface area contributed by atoms with Crippen LogP contribution in [0.15, 0.2) is 25.3 Å². The zero-order chi connectivity index (χ0) is 14.6. The summed E-state index contributed by atoms with van der Waals surface area (Å²) in [5, 5.41) is 15.2. The SMILES string of the molecule is C=CC(=O)O.C=CC(=O)O.[ClH+][Cu].[ClH+][Cu].[Cl][Cu]. The quantitative estimate of drug-likeness (QED) is 0.486. The summed E-state index contributed by atoms with van der Waals surface area (Å²) >= 11 is 11.2. The van der Waals surface area contributed by atoms with Crippen LogP contribution in [0.5, 0.6) is 0 Å². The van der Waals surface area contributed by atoms with E-state index in [1.807, 2.05) is 0 Å². The predicted molar refractivity (Wildman–Crippen MR) is 44.3 cm³/mol. The molecule has 10 heteroatoms. The Balaban J connectivity index is -0.0000000345. The van der Waals surface area contributed by atoms with Crippen molar-refractivity contribution in [2.75, 3.05) is 0 Å². The number of rotatable bonds is 2. The Bertz CT molecular complexity index is 151. The van der Waals surface area contributed by atoms with Gasteiger partial charge in [0.25, 0.3) is 0 Å². The van der Waals surface area contributed by atoms with E-state index in [4.69, 9.17) is 10.2 Å². The molecule has 0 rings (SSSR count). The molecule has 0 unspecified atom stereocenters. The minimum absolute atomic E-state index is 0.833. The van der Waals surface area contributed by atoms with Crippen molar-refractivity contribution in [1.29, 1.82) is 0 Å². The van der Waals surface area contributed by atoms with E-state index >= 15 is 0 Å². The molecular formula is C6H10Cl3Cu3O4+2. The van der Waals surface area contributed by atoms with Crippen molar-refractivity contribution < 1.29 is 85.3 Å². The first-order chi connectivity index (χ1) is 7.54. The topological polar surface area (TPSA) is 74.6 Å². The Morgan fingerprint density at radius 2 is 1.00 bits per heavy atom. The number of carboxylic acid groups (broad SMARTS) is 2. The molecule has 0 aromatic heterocycles. The molecule has 0 fully saturated rings. The van der Waals surface area contributed by atoms with Gasteiger partial charge < -0.3 is 10.2 Å². The predicted octanol–water partition coefficient (Wildman–Crippen LogP) is 0.661. The van der Waals surface area contributed by atoms with Gasteiger partial charge in [-0.1, -0.05) is 13.2 Å². The van der Waals surface area contributed by atoms with E-state index in [1.54, 1.807) is 0 Å². The molecule has 0 atom stereocenters. The standard InChI is InChI=1S/2C3H4O2.3ClH.3Cu/c2*1-2-3(4)5;;;;;;/h2*2H,1H2,(H,4,5);3*1H;;;/q;;;;;3*+1/p-1. The third-order valence-corrected chi connectivity index (χ3v) is 0.349. The van der Waals surface area contributed by atoms with Crippen LogP contribution in [0.1, 0.15) is 0 Å². The molecule has 0 aromatic rings. The molecule has 0 spiro atoms. The summed E-state index contributed by atoms with van der Waals surface area (Å²) in [4.78, 5) is 18.5. The Labute approximate surface area is 132 Å². The summed E-state index contributed by atoms with van der Waals surface area (Å²) in [6.07, 6.45) is 1.67. The van der Waals surface area contributed by atoms with Crippen molar-refractivity contribution in [3.05, 3.63) is 25.3 Å². The van der Waals surface area contributed by atoms with E-state index in [0.29, 0.717) is 0 Å². The first-order valence-electron chi connectivity index (χ1n) is 2.61. The summed E-state index contributed by atoms with van der Waals surface area (Å²) in [6, 6.07) is 0. The van der Waals surface area contributed by atoms with Gasteiger partial charge in [-0.15, -0.1) is 0 Å². The van der Waals surface area contributed by atoms with Crippen molar-refractivity contribution in [3.8, 4) is 0 Å². The van der Waals surface area contributed by atoms with Gasteiger partial charge in [-0.05, 0) is 0 Å². The van der Waals surface area contributed by atoms with Gasteiger partial charge in [0.05, 0.1) is 0 Å². The molecule has 0 radical (unpaired) electrons. The Kier molecular flexibility index (Phi) is 84.1. The van der Waals surface area contributed by atoms with Crippen LogP contribution in [0.2, 0.25) is 0 Å². The molecule has 0 aliphatic rings. The number of hydrogen-bond acceptors (Lipinski definition) is 2. The van der Waals surface area contributed by atoms with Gasteiger partial charge in [0.2, 0.25) is 0 Å². The zero-order valence-corrected chi connectivity index (χ0v) is 12.6. The molecule has 0 heterocycles.